The Hall–Kier alpha value is -2.42. The topological polar surface area (TPSA) is 80.2 Å². The normalized spacial score (nSPS) is 16.9. The Morgan fingerprint density at radius 1 is 1.09 bits per heavy atom. The SMILES string of the molecule is CCc1ccc(CN(C(=O)c2nc(SCc3ccccc3)ncc2Cl)C2CCS(=O)(=O)C2)cc1. The minimum Gasteiger partial charge on any atom is -0.329 e. The summed E-state index contributed by atoms with van der Waals surface area (Å²) in [6.45, 7) is 2.37. The van der Waals surface area contributed by atoms with Gasteiger partial charge in [-0.15, -0.1) is 0 Å². The van der Waals surface area contributed by atoms with Crippen LogP contribution in [0.15, 0.2) is 66.0 Å². The Labute approximate surface area is 209 Å². The van der Waals surface area contributed by atoms with Crippen molar-refractivity contribution < 1.29 is 13.2 Å². The number of benzene rings is 2. The van der Waals surface area contributed by atoms with E-state index in [0.717, 1.165) is 17.5 Å². The third-order valence-electron chi connectivity index (χ3n) is 5.83. The van der Waals surface area contributed by atoms with Crippen LogP contribution in [0.4, 0.5) is 0 Å². The number of sulfone groups is 1. The van der Waals surface area contributed by atoms with E-state index in [1.54, 1.807) is 4.90 Å². The van der Waals surface area contributed by atoms with Crippen molar-refractivity contribution in [3.05, 3.63) is 88.2 Å². The lowest BCUT2D eigenvalue weighted by Crippen LogP contribution is -2.41. The Morgan fingerprint density at radius 3 is 2.44 bits per heavy atom. The first-order chi connectivity index (χ1) is 16.3. The maximum absolute atomic E-state index is 13.7. The van der Waals surface area contributed by atoms with Crippen LogP contribution in [0.2, 0.25) is 5.02 Å². The van der Waals surface area contributed by atoms with Gasteiger partial charge in [0.25, 0.3) is 5.91 Å². The number of aromatic nitrogens is 2. The molecule has 1 amide bonds. The lowest BCUT2D eigenvalue weighted by molar-refractivity contribution is 0.0674. The fourth-order valence-electron chi connectivity index (χ4n) is 3.89. The molecule has 1 atom stereocenters. The number of aryl methyl sites for hydroxylation is 1. The highest BCUT2D eigenvalue weighted by Gasteiger charge is 2.36. The second kappa shape index (κ2) is 10.9. The summed E-state index contributed by atoms with van der Waals surface area (Å²) in [4.78, 5) is 24.0. The minimum absolute atomic E-state index is 0.0515. The third-order valence-corrected chi connectivity index (χ3v) is 8.79. The van der Waals surface area contributed by atoms with Crippen LogP contribution >= 0.6 is 23.4 Å². The van der Waals surface area contributed by atoms with E-state index in [1.807, 2.05) is 54.6 Å². The number of halogens is 1. The fourth-order valence-corrected chi connectivity index (χ4v) is 6.57. The molecule has 4 rings (SSSR count). The van der Waals surface area contributed by atoms with Gasteiger partial charge in [0, 0.05) is 18.3 Å². The van der Waals surface area contributed by atoms with Gasteiger partial charge in [-0.05, 0) is 29.5 Å². The zero-order valence-corrected chi connectivity index (χ0v) is 21.2. The van der Waals surface area contributed by atoms with Crippen molar-refractivity contribution in [2.24, 2.45) is 0 Å². The molecule has 3 aromatic rings. The summed E-state index contributed by atoms with van der Waals surface area (Å²) in [5.41, 5.74) is 3.34. The zero-order valence-electron chi connectivity index (χ0n) is 18.9. The van der Waals surface area contributed by atoms with Gasteiger partial charge in [0.2, 0.25) is 0 Å². The quantitative estimate of drug-likeness (QED) is 0.316. The Bertz CT molecular complexity index is 1250. The highest BCUT2D eigenvalue weighted by molar-refractivity contribution is 7.98. The smallest absolute Gasteiger partial charge is 0.274 e. The molecule has 6 nitrogen and oxygen atoms in total. The highest BCUT2D eigenvalue weighted by atomic mass is 35.5. The lowest BCUT2D eigenvalue weighted by Gasteiger charge is -2.28. The summed E-state index contributed by atoms with van der Waals surface area (Å²) < 4.78 is 24.4. The first-order valence-corrected chi connectivity index (χ1v) is 14.3. The zero-order chi connectivity index (χ0) is 24.1. The molecule has 1 saturated heterocycles. The Morgan fingerprint density at radius 2 is 1.79 bits per heavy atom. The summed E-state index contributed by atoms with van der Waals surface area (Å²) >= 11 is 7.78. The molecule has 34 heavy (non-hydrogen) atoms. The number of hydrogen-bond acceptors (Lipinski definition) is 6. The van der Waals surface area contributed by atoms with Gasteiger partial charge in [-0.3, -0.25) is 4.79 Å². The summed E-state index contributed by atoms with van der Waals surface area (Å²) in [6.07, 6.45) is 2.76. The summed E-state index contributed by atoms with van der Waals surface area (Å²) in [5, 5.41) is 0.601. The van der Waals surface area contributed by atoms with Gasteiger partial charge in [-0.2, -0.15) is 0 Å². The van der Waals surface area contributed by atoms with Crippen molar-refractivity contribution in [3.8, 4) is 0 Å². The Kier molecular flexibility index (Phi) is 7.91. The molecular formula is C25H26ClN3O3S2. The maximum Gasteiger partial charge on any atom is 0.274 e. The molecule has 0 spiro atoms. The maximum atomic E-state index is 13.7. The van der Waals surface area contributed by atoms with Crippen molar-refractivity contribution in [3.63, 3.8) is 0 Å². The van der Waals surface area contributed by atoms with Gasteiger partial charge < -0.3 is 4.90 Å². The van der Waals surface area contributed by atoms with E-state index in [-0.39, 0.29) is 34.7 Å². The molecule has 9 heteroatoms. The molecule has 2 heterocycles. The van der Waals surface area contributed by atoms with E-state index in [4.69, 9.17) is 11.6 Å². The number of rotatable bonds is 8. The molecule has 1 aliphatic heterocycles. The largest absolute Gasteiger partial charge is 0.329 e. The van der Waals surface area contributed by atoms with Gasteiger partial charge in [0.05, 0.1) is 22.7 Å². The number of carbonyl (C=O) groups is 1. The number of nitrogens with zero attached hydrogens (tertiary/aromatic N) is 3. The predicted octanol–water partition coefficient (Wildman–Crippen LogP) is 4.81. The first kappa shape index (κ1) is 24.7. The van der Waals surface area contributed by atoms with E-state index >= 15 is 0 Å². The minimum atomic E-state index is -3.18. The molecule has 178 valence electrons. The molecule has 1 aliphatic rings. The summed E-state index contributed by atoms with van der Waals surface area (Å²) in [7, 11) is -3.18. The van der Waals surface area contributed by atoms with Gasteiger partial charge in [0.1, 0.15) is 0 Å². The van der Waals surface area contributed by atoms with Crippen LogP contribution in [0.25, 0.3) is 0 Å². The van der Waals surface area contributed by atoms with Gasteiger partial charge in [-0.1, -0.05) is 84.9 Å². The van der Waals surface area contributed by atoms with Crippen LogP contribution in [0.1, 0.15) is 40.5 Å². The molecule has 0 saturated carbocycles. The van der Waals surface area contributed by atoms with Crippen LogP contribution in [0.5, 0.6) is 0 Å². The van der Waals surface area contributed by atoms with Crippen molar-refractivity contribution in [2.45, 2.75) is 43.3 Å². The molecular weight excluding hydrogens is 490 g/mol. The van der Waals surface area contributed by atoms with Crippen LogP contribution in [-0.2, 0) is 28.6 Å². The van der Waals surface area contributed by atoms with E-state index < -0.39 is 15.9 Å². The van der Waals surface area contributed by atoms with Crippen molar-refractivity contribution >= 4 is 39.1 Å². The van der Waals surface area contributed by atoms with Crippen LogP contribution < -0.4 is 0 Å². The average Bonchev–Trinajstić information content (AvgIpc) is 3.21. The van der Waals surface area contributed by atoms with Crippen LogP contribution in [-0.4, -0.2) is 46.7 Å². The highest BCUT2D eigenvalue weighted by Crippen LogP contribution is 2.26. The second-order valence-corrected chi connectivity index (χ2v) is 11.9. The fraction of sp³-hybridized carbons (Fsp3) is 0.320. The number of hydrogen-bond donors (Lipinski definition) is 0. The predicted molar refractivity (Wildman–Crippen MR) is 136 cm³/mol. The second-order valence-electron chi connectivity index (χ2n) is 8.28. The number of thioether (sulfide) groups is 1. The summed E-state index contributed by atoms with van der Waals surface area (Å²) in [6, 6.07) is 17.5. The monoisotopic (exact) mass is 515 g/mol. The standard InChI is InChI=1S/C25H26ClN3O3S2/c1-2-18-8-10-19(11-9-18)15-29(21-12-13-34(31,32)17-21)24(30)23-22(26)14-27-25(28-23)33-16-20-6-4-3-5-7-20/h3-11,14,21H,2,12-13,15-17H2,1H3. The number of carbonyl (C=O) groups excluding carboxylic acids is 1. The van der Waals surface area contributed by atoms with E-state index in [1.165, 1.54) is 23.5 Å². The van der Waals surface area contributed by atoms with E-state index in [0.29, 0.717) is 17.3 Å². The third kappa shape index (κ3) is 6.17. The van der Waals surface area contributed by atoms with Crippen molar-refractivity contribution in [1.29, 1.82) is 0 Å². The molecule has 0 bridgehead atoms. The van der Waals surface area contributed by atoms with Crippen LogP contribution in [0, 0.1) is 0 Å². The lowest BCUT2D eigenvalue weighted by atomic mass is 10.1. The molecule has 2 aromatic carbocycles. The van der Waals surface area contributed by atoms with E-state index in [9.17, 15) is 13.2 Å². The van der Waals surface area contributed by atoms with Crippen LogP contribution in [0.3, 0.4) is 0 Å². The average molecular weight is 516 g/mol. The first-order valence-electron chi connectivity index (χ1n) is 11.1. The van der Waals surface area contributed by atoms with Gasteiger partial charge >= 0.3 is 0 Å². The Balaban J connectivity index is 1.59. The summed E-state index contributed by atoms with van der Waals surface area (Å²) in [5.74, 6) is 0.302. The molecule has 1 unspecified atom stereocenters. The van der Waals surface area contributed by atoms with Gasteiger partial charge in [0.15, 0.2) is 20.7 Å². The van der Waals surface area contributed by atoms with Gasteiger partial charge in [-0.25, -0.2) is 18.4 Å². The van der Waals surface area contributed by atoms with Crippen molar-refractivity contribution in [1.82, 2.24) is 14.9 Å². The molecule has 0 aliphatic carbocycles. The number of amides is 1. The van der Waals surface area contributed by atoms with E-state index in [2.05, 4.69) is 16.9 Å². The molecule has 0 radical (unpaired) electrons. The van der Waals surface area contributed by atoms with Crippen molar-refractivity contribution in [2.75, 3.05) is 11.5 Å². The molecule has 0 N–H and O–H groups in total. The molecule has 1 fully saturated rings. The molecule has 1 aromatic heterocycles.